The average molecular weight is 351 g/mol. The molecule has 1 aromatic carbocycles. The second kappa shape index (κ2) is 7.03. The van der Waals surface area contributed by atoms with Gasteiger partial charge in [-0.2, -0.15) is 0 Å². The quantitative estimate of drug-likeness (QED) is 0.907. The van der Waals surface area contributed by atoms with Crippen LogP contribution in [0.25, 0.3) is 0 Å². The first-order valence-corrected chi connectivity index (χ1v) is 9.18. The molecule has 2 saturated heterocycles. The summed E-state index contributed by atoms with van der Waals surface area (Å²) in [6, 6.07) is 7.97. The molecule has 2 aliphatic heterocycles. The maximum absolute atomic E-state index is 12.7. The maximum Gasteiger partial charge on any atom is 0.227 e. The molecule has 0 bridgehead atoms. The van der Waals surface area contributed by atoms with Crippen LogP contribution in [0.4, 0.5) is 0 Å². The summed E-state index contributed by atoms with van der Waals surface area (Å²) >= 11 is 6.01. The van der Waals surface area contributed by atoms with Crippen molar-refractivity contribution in [3.63, 3.8) is 0 Å². The highest BCUT2D eigenvalue weighted by molar-refractivity contribution is 6.30. The zero-order chi connectivity index (χ0) is 17.3. The first-order valence-electron chi connectivity index (χ1n) is 8.81. The molecule has 2 atom stereocenters. The molecule has 1 aromatic rings. The van der Waals surface area contributed by atoms with Crippen molar-refractivity contribution in [3.8, 4) is 0 Å². The number of hydrogen-bond donors (Lipinski definition) is 1. The fraction of sp³-hybridized carbons (Fsp3) is 0.632. The third-order valence-corrected chi connectivity index (χ3v) is 5.97. The lowest BCUT2D eigenvalue weighted by Gasteiger charge is -2.44. The Kier molecular flexibility index (Phi) is 5.19. The molecule has 0 spiro atoms. The molecule has 0 saturated carbocycles. The fourth-order valence-corrected chi connectivity index (χ4v) is 4.42. The van der Waals surface area contributed by atoms with Crippen LogP contribution >= 0.6 is 11.6 Å². The van der Waals surface area contributed by atoms with Gasteiger partial charge in [0.2, 0.25) is 5.91 Å². The van der Waals surface area contributed by atoms with Crippen LogP contribution in [0.3, 0.4) is 0 Å². The van der Waals surface area contributed by atoms with Gasteiger partial charge in [0.25, 0.3) is 0 Å². The highest BCUT2D eigenvalue weighted by Crippen LogP contribution is 2.42. The van der Waals surface area contributed by atoms with Crippen molar-refractivity contribution >= 4 is 17.5 Å². The SMILES string of the molecule is CC(C)N1CC[C@@H]2CN(C(=O)Cc3cccc(Cl)c3)C[C@]2(CO)C1. The molecule has 0 radical (unpaired) electrons. The molecule has 1 N–H and O–H groups in total. The number of rotatable bonds is 4. The molecule has 5 heteroatoms. The van der Waals surface area contributed by atoms with Crippen LogP contribution in [-0.2, 0) is 11.2 Å². The molecule has 0 aromatic heterocycles. The number of aliphatic hydroxyl groups is 1. The average Bonchev–Trinajstić information content (AvgIpc) is 2.94. The summed E-state index contributed by atoms with van der Waals surface area (Å²) in [5, 5.41) is 10.8. The minimum atomic E-state index is -0.160. The second-order valence-electron chi connectivity index (χ2n) is 7.65. The number of fused-ring (bicyclic) bond motifs is 1. The van der Waals surface area contributed by atoms with E-state index in [4.69, 9.17) is 11.6 Å². The molecule has 2 aliphatic rings. The Labute approximate surface area is 149 Å². The Morgan fingerprint density at radius 3 is 2.88 bits per heavy atom. The van der Waals surface area contributed by atoms with E-state index in [2.05, 4.69) is 18.7 Å². The molecular formula is C19H27ClN2O2. The van der Waals surface area contributed by atoms with E-state index in [0.717, 1.165) is 31.6 Å². The van der Waals surface area contributed by atoms with Crippen LogP contribution in [0.2, 0.25) is 5.02 Å². The van der Waals surface area contributed by atoms with Crippen LogP contribution < -0.4 is 0 Å². The van der Waals surface area contributed by atoms with Gasteiger partial charge in [-0.1, -0.05) is 23.7 Å². The molecular weight excluding hydrogens is 324 g/mol. The van der Waals surface area contributed by atoms with Gasteiger partial charge in [0.1, 0.15) is 0 Å². The van der Waals surface area contributed by atoms with Crippen molar-refractivity contribution in [2.75, 3.05) is 32.8 Å². The van der Waals surface area contributed by atoms with E-state index in [1.54, 1.807) is 0 Å². The number of halogens is 1. The highest BCUT2D eigenvalue weighted by Gasteiger charge is 2.50. The van der Waals surface area contributed by atoms with Crippen molar-refractivity contribution in [3.05, 3.63) is 34.9 Å². The van der Waals surface area contributed by atoms with Crippen molar-refractivity contribution < 1.29 is 9.90 Å². The molecule has 0 aliphatic carbocycles. The van der Waals surface area contributed by atoms with Gasteiger partial charge >= 0.3 is 0 Å². The molecule has 132 valence electrons. The summed E-state index contributed by atoms with van der Waals surface area (Å²) < 4.78 is 0. The zero-order valence-electron chi connectivity index (χ0n) is 14.5. The van der Waals surface area contributed by atoms with Gasteiger partial charge in [-0.15, -0.1) is 0 Å². The van der Waals surface area contributed by atoms with E-state index < -0.39 is 0 Å². The zero-order valence-corrected chi connectivity index (χ0v) is 15.3. The predicted molar refractivity (Wildman–Crippen MR) is 96.1 cm³/mol. The first-order chi connectivity index (χ1) is 11.4. The normalized spacial score (nSPS) is 27.5. The van der Waals surface area contributed by atoms with Crippen LogP contribution in [0, 0.1) is 11.3 Å². The summed E-state index contributed by atoms with van der Waals surface area (Å²) in [6.45, 7) is 7.92. The van der Waals surface area contributed by atoms with E-state index in [9.17, 15) is 9.90 Å². The van der Waals surface area contributed by atoms with Crippen molar-refractivity contribution in [1.29, 1.82) is 0 Å². The third-order valence-electron chi connectivity index (χ3n) is 5.74. The van der Waals surface area contributed by atoms with Gasteiger partial charge in [0.15, 0.2) is 0 Å². The lowest BCUT2D eigenvalue weighted by Crippen LogP contribution is -2.52. The van der Waals surface area contributed by atoms with E-state index in [1.807, 2.05) is 29.2 Å². The van der Waals surface area contributed by atoms with Crippen LogP contribution in [0.1, 0.15) is 25.8 Å². The summed E-state index contributed by atoms with van der Waals surface area (Å²) in [7, 11) is 0. The number of carbonyl (C=O) groups is 1. The number of likely N-dealkylation sites (tertiary alicyclic amines) is 2. The Balaban J connectivity index is 1.70. The number of piperidine rings is 1. The smallest absolute Gasteiger partial charge is 0.227 e. The van der Waals surface area contributed by atoms with E-state index in [1.165, 1.54) is 0 Å². The standard InChI is InChI=1S/C19H27ClN2O2/c1-14(2)21-7-6-16-10-22(12-19(16,11-21)13-23)18(24)9-15-4-3-5-17(20)8-15/h3-5,8,14,16,23H,6-7,9-13H2,1-2H3/t16-,19+/m1/s1. The van der Waals surface area contributed by atoms with Crippen LogP contribution in [-0.4, -0.2) is 59.6 Å². The van der Waals surface area contributed by atoms with Gasteiger partial charge in [-0.3, -0.25) is 4.79 Å². The van der Waals surface area contributed by atoms with E-state index >= 15 is 0 Å². The van der Waals surface area contributed by atoms with Gasteiger partial charge in [0, 0.05) is 36.1 Å². The van der Waals surface area contributed by atoms with E-state index in [0.29, 0.717) is 29.9 Å². The largest absolute Gasteiger partial charge is 0.396 e. The number of amides is 1. The molecule has 0 unspecified atom stereocenters. The molecule has 1 amide bonds. The lowest BCUT2D eigenvalue weighted by atomic mass is 9.73. The summed E-state index contributed by atoms with van der Waals surface area (Å²) in [4.78, 5) is 17.1. The monoisotopic (exact) mass is 350 g/mol. The Morgan fingerprint density at radius 2 is 2.21 bits per heavy atom. The minimum Gasteiger partial charge on any atom is -0.396 e. The number of aliphatic hydroxyl groups excluding tert-OH is 1. The fourth-order valence-electron chi connectivity index (χ4n) is 4.21. The number of carbonyl (C=O) groups excluding carboxylic acids is 1. The summed E-state index contributed by atoms with van der Waals surface area (Å²) in [5.74, 6) is 0.538. The van der Waals surface area contributed by atoms with Gasteiger partial charge in [0.05, 0.1) is 13.0 Å². The highest BCUT2D eigenvalue weighted by atomic mass is 35.5. The van der Waals surface area contributed by atoms with Crippen molar-refractivity contribution in [2.45, 2.75) is 32.7 Å². The number of hydrogen-bond acceptors (Lipinski definition) is 3. The van der Waals surface area contributed by atoms with Crippen LogP contribution in [0.15, 0.2) is 24.3 Å². The molecule has 3 rings (SSSR count). The van der Waals surface area contributed by atoms with Crippen LogP contribution in [0.5, 0.6) is 0 Å². The predicted octanol–water partition coefficient (Wildman–Crippen LogP) is 2.43. The second-order valence-corrected chi connectivity index (χ2v) is 8.09. The van der Waals surface area contributed by atoms with Crippen molar-refractivity contribution in [2.24, 2.45) is 11.3 Å². The molecule has 24 heavy (non-hydrogen) atoms. The summed E-state index contributed by atoms with van der Waals surface area (Å²) in [5.41, 5.74) is 0.788. The molecule has 2 fully saturated rings. The number of benzene rings is 1. The van der Waals surface area contributed by atoms with Gasteiger partial charge in [-0.25, -0.2) is 0 Å². The van der Waals surface area contributed by atoms with Crippen molar-refractivity contribution in [1.82, 2.24) is 9.80 Å². The first kappa shape index (κ1) is 17.7. The van der Waals surface area contributed by atoms with Gasteiger partial charge < -0.3 is 14.9 Å². The van der Waals surface area contributed by atoms with Gasteiger partial charge in [-0.05, 0) is 50.4 Å². The topological polar surface area (TPSA) is 43.8 Å². The molecule has 4 nitrogen and oxygen atoms in total. The Hall–Kier alpha value is -1.10. The Bertz CT molecular complexity index is 607. The molecule has 2 heterocycles. The Morgan fingerprint density at radius 1 is 1.42 bits per heavy atom. The van der Waals surface area contributed by atoms with E-state index in [-0.39, 0.29) is 17.9 Å². The third kappa shape index (κ3) is 3.46. The maximum atomic E-state index is 12.7. The number of nitrogens with zero attached hydrogens (tertiary/aromatic N) is 2. The summed E-state index contributed by atoms with van der Waals surface area (Å²) in [6.07, 6.45) is 1.43. The lowest BCUT2D eigenvalue weighted by molar-refractivity contribution is -0.130. The minimum absolute atomic E-state index is 0.135.